The molecule has 4 rings (SSSR count). The van der Waals surface area contributed by atoms with Crippen LogP contribution in [0.1, 0.15) is 13.8 Å². The van der Waals surface area contributed by atoms with E-state index in [0.717, 1.165) is 10.9 Å². The second kappa shape index (κ2) is 6.55. The fourth-order valence-electron chi connectivity index (χ4n) is 2.98. The summed E-state index contributed by atoms with van der Waals surface area (Å²) in [7, 11) is 0. The molecule has 0 saturated carbocycles. The Balaban J connectivity index is 2.02. The summed E-state index contributed by atoms with van der Waals surface area (Å²) in [6.07, 6.45) is 0. The molecular weight excluding hydrogens is 364 g/mol. The van der Waals surface area contributed by atoms with Gasteiger partial charge in [0.1, 0.15) is 11.0 Å². The third kappa shape index (κ3) is 2.97. The van der Waals surface area contributed by atoms with E-state index in [2.05, 4.69) is 4.98 Å². The first-order valence-electron chi connectivity index (χ1n) is 8.40. The number of aromatic nitrogens is 3. The number of fused-ring (bicyclic) bond motifs is 3. The Hall–Kier alpha value is -3.13. The van der Waals surface area contributed by atoms with Gasteiger partial charge in [0.15, 0.2) is 5.16 Å². The lowest BCUT2D eigenvalue weighted by molar-refractivity contribution is -0.384. The molecule has 2 heterocycles. The van der Waals surface area contributed by atoms with Gasteiger partial charge in [-0.3, -0.25) is 19.5 Å². The zero-order valence-electron chi connectivity index (χ0n) is 14.7. The molecule has 2 aromatic carbocycles. The van der Waals surface area contributed by atoms with Crippen molar-refractivity contribution in [2.24, 2.45) is 0 Å². The van der Waals surface area contributed by atoms with Crippen LogP contribution >= 0.6 is 11.8 Å². The molecule has 1 N–H and O–H groups in total. The van der Waals surface area contributed by atoms with Crippen molar-refractivity contribution in [1.29, 1.82) is 0 Å². The molecular formula is C19H16N4O3S. The number of nitro benzene ring substituents is 1. The normalized spacial score (nSPS) is 11.5. The van der Waals surface area contributed by atoms with Crippen LogP contribution in [0.4, 0.5) is 5.69 Å². The van der Waals surface area contributed by atoms with Crippen LogP contribution in [0.2, 0.25) is 0 Å². The second-order valence-electron chi connectivity index (χ2n) is 6.37. The minimum Gasteiger partial charge on any atom is -0.349 e. The smallest absolute Gasteiger partial charge is 0.283 e. The fraction of sp³-hybridized carbons (Fsp3) is 0.158. The number of benzene rings is 2. The van der Waals surface area contributed by atoms with Gasteiger partial charge in [-0.05, 0) is 18.2 Å². The first-order chi connectivity index (χ1) is 13.0. The maximum absolute atomic E-state index is 13.3. The van der Waals surface area contributed by atoms with E-state index >= 15 is 0 Å². The van der Waals surface area contributed by atoms with Crippen molar-refractivity contribution >= 4 is 39.4 Å². The standard InChI is InChI=1S/C19H16N4O3S/c1-11(2)27-19-21-16-14-5-3-4-6-15(14)20-17(16)18(24)22(19)12-7-9-13(10-8-12)23(25)26/h3-11,20H,1-2H3. The average molecular weight is 380 g/mol. The Morgan fingerprint density at radius 1 is 1.15 bits per heavy atom. The van der Waals surface area contributed by atoms with Gasteiger partial charge in [0.25, 0.3) is 11.2 Å². The predicted molar refractivity (Wildman–Crippen MR) is 107 cm³/mol. The number of hydrogen-bond acceptors (Lipinski definition) is 5. The van der Waals surface area contributed by atoms with Gasteiger partial charge in [-0.2, -0.15) is 0 Å². The van der Waals surface area contributed by atoms with Gasteiger partial charge in [0.05, 0.1) is 10.6 Å². The zero-order chi connectivity index (χ0) is 19.1. The number of para-hydroxylation sites is 1. The molecule has 2 aromatic heterocycles. The molecule has 27 heavy (non-hydrogen) atoms. The number of thioether (sulfide) groups is 1. The highest BCUT2D eigenvalue weighted by Crippen LogP contribution is 2.28. The molecule has 136 valence electrons. The van der Waals surface area contributed by atoms with Crippen LogP contribution in [0.15, 0.2) is 58.5 Å². The molecule has 0 saturated heterocycles. The third-order valence-electron chi connectivity index (χ3n) is 4.15. The van der Waals surface area contributed by atoms with E-state index in [9.17, 15) is 14.9 Å². The van der Waals surface area contributed by atoms with Crippen LogP contribution in [0.3, 0.4) is 0 Å². The van der Waals surface area contributed by atoms with E-state index < -0.39 is 4.92 Å². The molecule has 0 amide bonds. The first-order valence-corrected chi connectivity index (χ1v) is 9.28. The third-order valence-corrected chi connectivity index (χ3v) is 5.11. The highest BCUT2D eigenvalue weighted by molar-refractivity contribution is 7.99. The number of H-pyrrole nitrogens is 1. The minimum absolute atomic E-state index is 0.0236. The Kier molecular flexibility index (Phi) is 4.19. The summed E-state index contributed by atoms with van der Waals surface area (Å²) in [5.74, 6) is 0. The van der Waals surface area contributed by atoms with Crippen molar-refractivity contribution in [2.45, 2.75) is 24.3 Å². The monoisotopic (exact) mass is 380 g/mol. The molecule has 0 bridgehead atoms. The van der Waals surface area contributed by atoms with Crippen molar-refractivity contribution < 1.29 is 4.92 Å². The number of nitrogens with one attached hydrogen (secondary N) is 1. The lowest BCUT2D eigenvalue weighted by Gasteiger charge is -2.13. The van der Waals surface area contributed by atoms with Gasteiger partial charge < -0.3 is 4.98 Å². The summed E-state index contributed by atoms with van der Waals surface area (Å²) in [6, 6.07) is 13.6. The molecule has 0 radical (unpaired) electrons. The van der Waals surface area contributed by atoms with Crippen LogP contribution in [0.25, 0.3) is 27.6 Å². The quantitative estimate of drug-likeness (QED) is 0.247. The summed E-state index contributed by atoms with van der Waals surface area (Å²) >= 11 is 1.48. The van der Waals surface area contributed by atoms with Crippen molar-refractivity contribution in [3.8, 4) is 5.69 Å². The van der Waals surface area contributed by atoms with Gasteiger partial charge >= 0.3 is 0 Å². The minimum atomic E-state index is -0.463. The predicted octanol–water partition coefficient (Wildman–Crippen LogP) is 4.28. The molecule has 0 aliphatic carbocycles. The van der Waals surface area contributed by atoms with Crippen LogP contribution in [-0.2, 0) is 0 Å². The van der Waals surface area contributed by atoms with Crippen LogP contribution < -0.4 is 5.56 Å². The lowest BCUT2D eigenvalue weighted by Crippen LogP contribution is -2.22. The molecule has 0 aliphatic rings. The Labute approximate surface area is 158 Å². The second-order valence-corrected chi connectivity index (χ2v) is 7.91. The lowest BCUT2D eigenvalue weighted by atomic mass is 10.2. The van der Waals surface area contributed by atoms with E-state index in [1.165, 1.54) is 28.5 Å². The summed E-state index contributed by atoms with van der Waals surface area (Å²) in [5, 5.41) is 12.6. The maximum Gasteiger partial charge on any atom is 0.283 e. The van der Waals surface area contributed by atoms with Gasteiger partial charge in [0.2, 0.25) is 0 Å². The highest BCUT2D eigenvalue weighted by atomic mass is 32.2. The molecule has 0 atom stereocenters. The van der Waals surface area contributed by atoms with E-state index in [-0.39, 0.29) is 16.5 Å². The van der Waals surface area contributed by atoms with E-state index in [1.54, 1.807) is 12.1 Å². The molecule has 0 aliphatic heterocycles. The van der Waals surface area contributed by atoms with E-state index in [0.29, 0.717) is 21.9 Å². The molecule has 4 aromatic rings. The average Bonchev–Trinajstić information content (AvgIpc) is 3.01. The van der Waals surface area contributed by atoms with Crippen LogP contribution in [0, 0.1) is 10.1 Å². The fourth-order valence-corrected chi connectivity index (χ4v) is 3.84. The maximum atomic E-state index is 13.3. The van der Waals surface area contributed by atoms with Gasteiger partial charge in [-0.15, -0.1) is 0 Å². The number of non-ortho nitro benzene ring substituents is 1. The van der Waals surface area contributed by atoms with Gasteiger partial charge in [-0.25, -0.2) is 4.98 Å². The molecule has 8 heteroatoms. The number of hydrogen-bond donors (Lipinski definition) is 1. The number of nitro groups is 1. The number of nitrogens with zero attached hydrogens (tertiary/aromatic N) is 3. The summed E-state index contributed by atoms with van der Waals surface area (Å²) in [6.45, 7) is 4.05. The molecule has 0 fully saturated rings. The van der Waals surface area contributed by atoms with Gasteiger partial charge in [0, 0.05) is 28.3 Å². The summed E-state index contributed by atoms with van der Waals surface area (Å²) < 4.78 is 1.51. The summed E-state index contributed by atoms with van der Waals surface area (Å²) in [5.41, 5.74) is 2.19. The first kappa shape index (κ1) is 17.3. The van der Waals surface area contributed by atoms with Crippen LogP contribution in [-0.4, -0.2) is 24.7 Å². The van der Waals surface area contributed by atoms with Crippen molar-refractivity contribution in [3.05, 3.63) is 69.0 Å². The van der Waals surface area contributed by atoms with Crippen molar-refractivity contribution in [2.75, 3.05) is 0 Å². The van der Waals surface area contributed by atoms with Crippen LogP contribution in [0.5, 0.6) is 0 Å². The molecule has 0 spiro atoms. The molecule has 7 nitrogen and oxygen atoms in total. The molecule has 0 unspecified atom stereocenters. The van der Waals surface area contributed by atoms with E-state index in [1.807, 2.05) is 38.1 Å². The Morgan fingerprint density at radius 3 is 2.52 bits per heavy atom. The highest BCUT2D eigenvalue weighted by Gasteiger charge is 2.18. The van der Waals surface area contributed by atoms with Crippen molar-refractivity contribution in [1.82, 2.24) is 14.5 Å². The number of aromatic amines is 1. The van der Waals surface area contributed by atoms with Gasteiger partial charge in [-0.1, -0.05) is 43.8 Å². The summed E-state index contributed by atoms with van der Waals surface area (Å²) in [4.78, 5) is 31.6. The van der Waals surface area contributed by atoms with Crippen molar-refractivity contribution in [3.63, 3.8) is 0 Å². The topological polar surface area (TPSA) is 93.8 Å². The Morgan fingerprint density at radius 2 is 1.85 bits per heavy atom. The van der Waals surface area contributed by atoms with E-state index in [4.69, 9.17) is 4.98 Å². The number of rotatable bonds is 4. The SMILES string of the molecule is CC(C)Sc1nc2c([nH]c3ccccc32)c(=O)n1-c1ccc([N+](=O)[O-])cc1. The zero-order valence-corrected chi connectivity index (χ0v) is 15.5. The largest absolute Gasteiger partial charge is 0.349 e. The Bertz CT molecular complexity index is 1230.